The van der Waals surface area contributed by atoms with Crippen LogP contribution in [0, 0.1) is 5.82 Å². The molecular weight excluding hydrogens is 381 g/mol. The Morgan fingerprint density at radius 3 is 2.46 bits per heavy atom. The van der Waals surface area contributed by atoms with Crippen LogP contribution >= 0.6 is 11.3 Å². The zero-order valence-corrected chi connectivity index (χ0v) is 15.7. The number of amides is 1. The Bertz CT molecular complexity index is 877. The zero-order valence-electron chi connectivity index (χ0n) is 14.1. The van der Waals surface area contributed by atoms with Gasteiger partial charge in [-0.1, -0.05) is 18.3 Å². The molecule has 1 aromatic heterocycles. The maximum absolute atomic E-state index is 13.0. The highest BCUT2D eigenvalue weighted by molar-refractivity contribution is 7.91. The molecule has 2 aromatic rings. The van der Waals surface area contributed by atoms with Gasteiger partial charge in [0.15, 0.2) is 0 Å². The summed E-state index contributed by atoms with van der Waals surface area (Å²) in [5.74, 6) is -0.560. The highest BCUT2D eigenvalue weighted by Gasteiger charge is 2.31. The molecule has 3 rings (SSSR count). The van der Waals surface area contributed by atoms with Crippen molar-refractivity contribution in [2.75, 3.05) is 36.4 Å². The van der Waals surface area contributed by atoms with Crippen molar-refractivity contribution in [3.8, 4) is 0 Å². The SMILES string of the molecule is CCC(=O)Nc1nnc(S(=O)(=O)N2CCN(c3ccc(F)cc3)CC2)s1. The van der Waals surface area contributed by atoms with Crippen LogP contribution in [0.5, 0.6) is 0 Å². The molecule has 0 radical (unpaired) electrons. The van der Waals surface area contributed by atoms with Gasteiger partial charge in [-0.05, 0) is 24.3 Å². The summed E-state index contributed by atoms with van der Waals surface area (Å²) >= 11 is 0.837. The first kappa shape index (κ1) is 18.7. The highest BCUT2D eigenvalue weighted by atomic mass is 32.2. The Morgan fingerprint density at radius 1 is 1.19 bits per heavy atom. The normalized spacial score (nSPS) is 15.8. The van der Waals surface area contributed by atoms with Crippen LogP contribution in [-0.4, -0.2) is 55.0 Å². The van der Waals surface area contributed by atoms with Crippen molar-refractivity contribution in [1.82, 2.24) is 14.5 Å². The average molecular weight is 399 g/mol. The van der Waals surface area contributed by atoms with Crippen LogP contribution in [-0.2, 0) is 14.8 Å². The van der Waals surface area contributed by atoms with Crippen molar-refractivity contribution >= 4 is 38.1 Å². The van der Waals surface area contributed by atoms with Gasteiger partial charge in [-0.15, -0.1) is 10.2 Å². The van der Waals surface area contributed by atoms with E-state index in [1.807, 2.05) is 4.90 Å². The van der Waals surface area contributed by atoms with E-state index < -0.39 is 10.0 Å². The van der Waals surface area contributed by atoms with Gasteiger partial charge in [0.25, 0.3) is 10.0 Å². The van der Waals surface area contributed by atoms with E-state index in [9.17, 15) is 17.6 Å². The Kier molecular flexibility index (Phi) is 5.49. The Hall–Kier alpha value is -2.11. The van der Waals surface area contributed by atoms with Gasteiger partial charge in [0.05, 0.1) is 0 Å². The van der Waals surface area contributed by atoms with Crippen molar-refractivity contribution in [3.05, 3.63) is 30.1 Å². The summed E-state index contributed by atoms with van der Waals surface area (Å²) < 4.78 is 39.6. The van der Waals surface area contributed by atoms with Gasteiger partial charge < -0.3 is 10.2 Å². The predicted octanol–water partition coefficient (Wildman–Crippen LogP) is 1.54. The molecule has 1 aliphatic heterocycles. The number of hydrogen-bond acceptors (Lipinski definition) is 7. The number of halogens is 1. The number of aromatic nitrogens is 2. The summed E-state index contributed by atoms with van der Waals surface area (Å²) in [6.45, 7) is 3.24. The molecule has 0 spiro atoms. The fourth-order valence-electron chi connectivity index (χ4n) is 2.52. The molecule has 0 unspecified atom stereocenters. The van der Waals surface area contributed by atoms with Crippen LogP contribution < -0.4 is 10.2 Å². The molecule has 0 aliphatic carbocycles. The minimum atomic E-state index is -3.76. The molecule has 2 heterocycles. The molecule has 0 saturated carbocycles. The number of rotatable bonds is 5. The van der Waals surface area contributed by atoms with E-state index >= 15 is 0 Å². The van der Waals surface area contributed by atoms with E-state index in [1.165, 1.54) is 16.4 Å². The van der Waals surface area contributed by atoms with E-state index in [4.69, 9.17) is 0 Å². The molecule has 1 fully saturated rings. The number of hydrogen-bond donors (Lipinski definition) is 1. The molecule has 0 bridgehead atoms. The lowest BCUT2D eigenvalue weighted by molar-refractivity contribution is -0.115. The van der Waals surface area contributed by atoms with Crippen molar-refractivity contribution in [2.45, 2.75) is 17.7 Å². The lowest BCUT2D eigenvalue weighted by Gasteiger charge is -2.34. The predicted molar refractivity (Wildman–Crippen MR) is 96.2 cm³/mol. The first-order valence-electron chi connectivity index (χ1n) is 8.04. The van der Waals surface area contributed by atoms with Crippen molar-refractivity contribution in [1.29, 1.82) is 0 Å². The second-order valence-corrected chi connectivity index (χ2v) is 8.73. The monoisotopic (exact) mass is 399 g/mol. The number of sulfonamides is 1. The topological polar surface area (TPSA) is 95.5 Å². The molecule has 0 atom stereocenters. The molecule has 1 aromatic carbocycles. The number of anilines is 2. The van der Waals surface area contributed by atoms with Gasteiger partial charge in [-0.25, -0.2) is 12.8 Å². The standard InChI is InChI=1S/C15H18FN5O3S2/c1-2-13(22)17-14-18-19-15(25-14)26(23,24)21-9-7-20(8-10-21)12-5-3-11(16)4-6-12/h3-6H,2,7-10H2,1H3,(H,17,18,22). The minimum Gasteiger partial charge on any atom is -0.369 e. The second kappa shape index (κ2) is 7.64. The largest absolute Gasteiger partial charge is 0.369 e. The van der Waals surface area contributed by atoms with Crippen LogP contribution in [0.1, 0.15) is 13.3 Å². The molecule has 140 valence electrons. The van der Waals surface area contributed by atoms with Gasteiger partial charge in [0, 0.05) is 38.3 Å². The molecule has 11 heteroatoms. The lowest BCUT2D eigenvalue weighted by atomic mass is 10.2. The van der Waals surface area contributed by atoms with Crippen LogP contribution in [0.3, 0.4) is 0 Å². The van der Waals surface area contributed by atoms with Gasteiger partial charge in [-0.2, -0.15) is 4.31 Å². The highest BCUT2D eigenvalue weighted by Crippen LogP contribution is 2.25. The van der Waals surface area contributed by atoms with Crippen LogP contribution in [0.2, 0.25) is 0 Å². The molecule has 1 aliphatic rings. The molecule has 1 amide bonds. The number of nitrogens with zero attached hydrogens (tertiary/aromatic N) is 4. The Morgan fingerprint density at radius 2 is 1.85 bits per heavy atom. The summed E-state index contributed by atoms with van der Waals surface area (Å²) in [4.78, 5) is 13.4. The molecule has 26 heavy (non-hydrogen) atoms. The number of carbonyl (C=O) groups excluding carboxylic acids is 1. The molecule has 1 saturated heterocycles. The Labute approximate surface area is 154 Å². The van der Waals surface area contributed by atoms with Crippen LogP contribution in [0.4, 0.5) is 15.2 Å². The van der Waals surface area contributed by atoms with E-state index in [0.29, 0.717) is 13.1 Å². The van der Waals surface area contributed by atoms with Crippen molar-refractivity contribution in [3.63, 3.8) is 0 Å². The fourth-order valence-corrected chi connectivity index (χ4v) is 5.00. The summed E-state index contributed by atoms with van der Waals surface area (Å²) in [5, 5.41) is 10.1. The molecular formula is C15H18FN5O3S2. The average Bonchev–Trinajstić information content (AvgIpc) is 3.11. The van der Waals surface area contributed by atoms with E-state index in [1.54, 1.807) is 19.1 Å². The number of carbonyl (C=O) groups is 1. The van der Waals surface area contributed by atoms with Gasteiger partial charge in [-0.3, -0.25) is 4.79 Å². The van der Waals surface area contributed by atoms with Gasteiger partial charge in [0.2, 0.25) is 15.4 Å². The summed E-state index contributed by atoms with van der Waals surface area (Å²) in [5.41, 5.74) is 0.851. The molecule has 8 nitrogen and oxygen atoms in total. The fraction of sp³-hybridized carbons (Fsp3) is 0.400. The summed E-state index contributed by atoms with van der Waals surface area (Å²) in [7, 11) is -3.76. The zero-order chi connectivity index (χ0) is 18.7. The van der Waals surface area contributed by atoms with Crippen LogP contribution in [0.25, 0.3) is 0 Å². The third kappa shape index (κ3) is 4.00. The summed E-state index contributed by atoms with van der Waals surface area (Å²) in [6.07, 6.45) is 0.271. The first-order valence-corrected chi connectivity index (χ1v) is 10.3. The maximum atomic E-state index is 13.0. The van der Waals surface area contributed by atoms with Crippen LogP contribution in [0.15, 0.2) is 28.6 Å². The quantitative estimate of drug-likeness (QED) is 0.767. The second-order valence-electron chi connectivity index (χ2n) is 5.64. The minimum absolute atomic E-state index is 0.140. The summed E-state index contributed by atoms with van der Waals surface area (Å²) in [6, 6.07) is 6.11. The van der Waals surface area contributed by atoms with E-state index in [-0.39, 0.29) is 40.7 Å². The third-order valence-corrected chi connectivity index (χ3v) is 7.05. The van der Waals surface area contributed by atoms with Gasteiger partial charge in [0.1, 0.15) is 5.82 Å². The van der Waals surface area contributed by atoms with Crippen molar-refractivity contribution in [2.24, 2.45) is 0 Å². The number of nitrogens with one attached hydrogen (secondary N) is 1. The smallest absolute Gasteiger partial charge is 0.272 e. The molecule has 1 N–H and O–H groups in total. The third-order valence-electron chi connectivity index (χ3n) is 3.96. The number of benzene rings is 1. The number of piperazine rings is 1. The Balaban J connectivity index is 1.66. The van der Waals surface area contributed by atoms with Gasteiger partial charge >= 0.3 is 0 Å². The van der Waals surface area contributed by atoms with E-state index in [2.05, 4.69) is 15.5 Å². The van der Waals surface area contributed by atoms with E-state index in [0.717, 1.165) is 17.0 Å². The lowest BCUT2D eigenvalue weighted by Crippen LogP contribution is -2.48. The maximum Gasteiger partial charge on any atom is 0.272 e. The first-order chi connectivity index (χ1) is 12.4. The van der Waals surface area contributed by atoms with Crippen molar-refractivity contribution < 1.29 is 17.6 Å².